The van der Waals surface area contributed by atoms with Crippen molar-refractivity contribution in [1.82, 2.24) is 19.7 Å². The van der Waals surface area contributed by atoms with Crippen molar-refractivity contribution in [3.63, 3.8) is 0 Å². The molecule has 0 bridgehead atoms. The van der Waals surface area contributed by atoms with Crippen LogP contribution in [0.25, 0.3) is 0 Å². The lowest BCUT2D eigenvalue weighted by Gasteiger charge is -2.19. The van der Waals surface area contributed by atoms with Gasteiger partial charge in [-0.05, 0) is 55.6 Å². The van der Waals surface area contributed by atoms with Crippen LogP contribution in [-0.2, 0) is 30.1 Å². The minimum absolute atomic E-state index is 0.233. The number of rotatable bonds is 9. The summed E-state index contributed by atoms with van der Waals surface area (Å²) < 4.78 is 19.1. The molecule has 0 aliphatic carbocycles. The number of benzene rings is 2. The number of fused-ring (bicyclic) bond motifs is 1. The maximum atomic E-state index is 5.94. The van der Waals surface area contributed by atoms with Crippen LogP contribution >= 0.6 is 11.8 Å². The van der Waals surface area contributed by atoms with Crippen molar-refractivity contribution in [2.75, 3.05) is 20.4 Å². The van der Waals surface area contributed by atoms with E-state index in [2.05, 4.69) is 70.0 Å². The zero-order valence-electron chi connectivity index (χ0n) is 19.2. The normalized spacial score (nSPS) is 17.2. The largest absolute Gasteiger partial charge is 0.454 e. The van der Waals surface area contributed by atoms with Crippen LogP contribution in [0.4, 0.5) is 0 Å². The number of aryl methyl sites for hydroxylation is 1. The Balaban J connectivity index is 1.29. The molecule has 2 aliphatic heterocycles. The summed E-state index contributed by atoms with van der Waals surface area (Å²) in [5.41, 5.74) is 3.82. The van der Waals surface area contributed by atoms with Gasteiger partial charge >= 0.3 is 0 Å². The molecule has 0 radical (unpaired) electrons. The Morgan fingerprint density at radius 2 is 1.97 bits per heavy atom. The van der Waals surface area contributed by atoms with Crippen LogP contribution in [-0.4, -0.2) is 46.2 Å². The lowest BCUT2D eigenvalue weighted by molar-refractivity contribution is 0.0934. The Morgan fingerprint density at radius 1 is 1.09 bits per heavy atom. The zero-order chi connectivity index (χ0) is 22.6. The predicted molar refractivity (Wildman–Crippen MR) is 127 cm³/mol. The molecule has 0 amide bonds. The van der Waals surface area contributed by atoms with Crippen LogP contribution in [0.5, 0.6) is 11.5 Å². The molecule has 5 rings (SSSR count). The standard InChI is InChI=1S/C25H30N4O3S/c1-18-6-3-4-7-20(18)16-33-25-27-26-24(29(25)14-21-8-5-11-30-21)15-28(2)13-19-9-10-22-23(12-19)32-17-31-22/h3-4,6-7,9-10,12,21H,5,8,11,13-17H2,1-2H3. The van der Waals surface area contributed by atoms with Crippen LogP contribution in [0.15, 0.2) is 47.6 Å². The van der Waals surface area contributed by atoms with Crippen molar-refractivity contribution in [2.24, 2.45) is 0 Å². The van der Waals surface area contributed by atoms with Crippen LogP contribution < -0.4 is 9.47 Å². The molecule has 0 spiro atoms. The van der Waals surface area contributed by atoms with E-state index < -0.39 is 0 Å². The highest BCUT2D eigenvalue weighted by atomic mass is 32.2. The molecule has 8 heteroatoms. The Bertz CT molecular complexity index is 1100. The van der Waals surface area contributed by atoms with Crippen molar-refractivity contribution < 1.29 is 14.2 Å². The number of hydrogen-bond acceptors (Lipinski definition) is 7. The second kappa shape index (κ2) is 10.2. The fraction of sp³-hybridized carbons (Fsp3) is 0.440. The number of aromatic nitrogens is 3. The monoisotopic (exact) mass is 466 g/mol. The number of hydrogen-bond donors (Lipinski definition) is 0. The minimum Gasteiger partial charge on any atom is -0.454 e. The van der Waals surface area contributed by atoms with Gasteiger partial charge in [-0.1, -0.05) is 42.1 Å². The highest BCUT2D eigenvalue weighted by molar-refractivity contribution is 7.98. The molecule has 2 aromatic carbocycles. The molecular formula is C25H30N4O3S. The Morgan fingerprint density at radius 3 is 2.82 bits per heavy atom. The second-order valence-corrected chi connectivity index (χ2v) is 9.66. The number of ether oxygens (including phenoxy) is 3. The van der Waals surface area contributed by atoms with Crippen molar-refractivity contribution in [3.05, 3.63) is 65.0 Å². The van der Waals surface area contributed by atoms with Gasteiger partial charge in [0.15, 0.2) is 16.7 Å². The highest BCUT2D eigenvalue weighted by Gasteiger charge is 2.22. The van der Waals surface area contributed by atoms with Crippen molar-refractivity contribution in [3.8, 4) is 11.5 Å². The van der Waals surface area contributed by atoms with Crippen molar-refractivity contribution in [1.29, 1.82) is 0 Å². The van der Waals surface area contributed by atoms with Gasteiger partial charge in [0.1, 0.15) is 5.82 Å². The summed E-state index contributed by atoms with van der Waals surface area (Å²) in [5, 5.41) is 10.1. The van der Waals surface area contributed by atoms with Gasteiger partial charge in [0.05, 0.1) is 19.2 Å². The summed E-state index contributed by atoms with van der Waals surface area (Å²) in [6.07, 6.45) is 2.45. The third kappa shape index (κ3) is 5.34. The molecule has 1 saturated heterocycles. The number of thioether (sulfide) groups is 1. The molecule has 0 saturated carbocycles. The third-order valence-electron chi connectivity index (χ3n) is 6.12. The molecule has 1 aromatic heterocycles. The smallest absolute Gasteiger partial charge is 0.231 e. The molecule has 1 fully saturated rings. The van der Waals surface area contributed by atoms with Crippen molar-refractivity contribution in [2.45, 2.75) is 56.4 Å². The SMILES string of the molecule is Cc1ccccc1CSc1nnc(CN(C)Cc2ccc3c(c2)OCO3)n1CC1CCCO1. The average molecular weight is 467 g/mol. The maximum Gasteiger partial charge on any atom is 0.231 e. The van der Waals surface area contributed by atoms with Gasteiger partial charge < -0.3 is 18.8 Å². The molecular weight excluding hydrogens is 436 g/mol. The topological polar surface area (TPSA) is 61.6 Å². The Labute approximate surface area is 199 Å². The summed E-state index contributed by atoms with van der Waals surface area (Å²) in [5.74, 6) is 3.48. The molecule has 174 valence electrons. The van der Waals surface area contributed by atoms with Crippen LogP contribution in [0.3, 0.4) is 0 Å². The van der Waals surface area contributed by atoms with Crippen LogP contribution in [0, 0.1) is 6.92 Å². The first-order valence-corrected chi connectivity index (χ1v) is 12.4. The fourth-order valence-corrected chi connectivity index (χ4v) is 5.32. The molecule has 1 unspecified atom stereocenters. The minimum atomic E-state index is 0.233. The maximum absolute atomic E-state index is 5.94. The summed E-state index contributed by atoms with van der Waals surface area (Å²) in [4.78, 5) is 2.25. The summed E-state index contributed by atoms with van der Waals surface area (Å²) in [6, 6.07) is 14.6. The van der Waals surface area contributed by atoms with Crippen LogP contribution in [0.1, 0.15) is 35.4 Å². The van der Waals surface area contributed by atoms with E-state index in [4.69, 9.17) is 14.2 Å². The molecule has 3 aromatic rings. The highest BCUT2D eigenvalue weighted by Crippen LogP contribution is 2.33. The van der Waals surface area contributed by atoms with Gasteiger partial charge in [-0.25, -0.2) is 0 Å². The lowest BCUT2D eigenvalue weighted by Crippen LogP contribution is -2.23. The third-order valence-corrected chi connectivity index (χ3v) is 7.14. The van der Waals surface area contributed by atoms with Gasteiger partial charge in [0, 0.05) is 18.9 Å². The molecule has 33 heavy (non-hydrogen) atoms. The van der Waals surface area contributed by atoms with Gasteiger partial charge in [0.2, 0.25) is 6.79 Å². The van der Waals surface area contributed by atoms with Crippen molar-refractivity contribution >= 4 is 11.8 Å². The zero-order valence-corrected chi connectivity index (χ0v) is 20.0. The van der Waals surface area contributed by atoms with E-state index in [1.165, 1.54) is 16.7 Å². The van der Waals surface area contributed by atoms with E-state index in [-0.39, 0.29) is 6.10 Å². The molecule has 3 heterocycles. The summed E-state index contributed by atoms with van der Waals surface area (Å²) >= 11 is 1.75. The second-order valence-electron chi connectivity index (χ2n) is 8.72. The summed E-state index contributed by atoms with van der Waals surface area (Å²) in [7, 11) is 2.11. The van der Waals surface area contributed by atoms with Gasteiger partial charge in [-0.3, -0.25) is 4.90 Å². The van der Waals surface area contributed by atoms with Gasteiger partial charge in [0.25, 0.3) is 0 Å². The van der Waals surface area contributed by atoms with Crippen LogP contribution in [0.2, 0.25) is 0 Å². The number of nitrogens with zero attached hydrogens (tertiary/aromatic N) is 4. The average Bonchev–Trinajstić information content (AvgIpc) is 3.56. The fourth-order valence-electron chi connectivity index (χ4n) is 4.28. The van der Waals surface area contributed by atoms with Gasteiger partial charge in [-0.15, -0.1) is 10.2 Å². The molecule has 0 N–H and O–H groups in total. The first kappa shape index (κ1) is 22.3. The quantitative estimate of drug-likeness (QED) is 0.433. The molecule has 2 aliphatic rings. The summed E-state index contributed by atoms with van der Waals surface area (Å²) in [6.45, 7) is 5.59. The molecule has 1 atom stereocenters. The molecule has 7 nitrogen and oxygen atoms in total. The lowest BCUT2D eigenvalue weighted by atomic mass is 10.1. The van der Waals surface area contributed by atoms with E-state index in [9.17, 15) is 0 Å². The van der Waals surface area contributed by atoms with E-state index in [0.29, 0.717) is 13.3 Å². The van der Waals surface area contributed by atoms with Gasteiger partial charge in [-0.2, -0.15) is 0 Å². The first-order valence-electron chi connectivity index (χ1n) is 11.4. The first-order chi connectivity index (χ1) is 16.2. The van der Waals surface area contributed by atoms with E-state index in [1.54, 1.807) is 11.8 Å². The Kier molecular flexibility index (Phi) is 6.85. The Hall–Kier alpha value is -2.55. The predicted octanol–water partition coefficient (Wildman–Crippen LogP) is 4.42. The van der Waals surface area contributed by atoms with E-state index in [1.807, 2.05) is 6.07 Å². The van der Waals surface area contributed by atoms with E-state index in [0.717, 1.165) is 60.8 Å². The van der Waals surface area contributed by atoms with E-state index >= 15 is 0 Å².